The summed E-state index contributed by atoms with van der Waals surface area (Å²) in [5.41, 5.74) is 7.93. The number of carbonyl (C=O) groups excluding carboxylic acids is 1. The van der Waals surface area contributed by atoms with Crippen LogP contribution in [0.5, 0.6) is 0 Å². The number of aromatic amines is 1. The monoisotopic (exact) mass is 369 g/mol. The molecular weight excluding hydrogens is 338 g/mol. The minimum Gasteiger partial charge on any atom is -0.370 e. The van der Waals surface area contributed by atoms with E-state index < -0.39 is 0 Å². The Morgan fingerprint density at radius 2 is 2.26 bits per heavy atom. The van der Waals surface area contributed by atoms with Gasteiger partial charge in [-0.3, -0.25) is 9.79 Å². The normalized spacial score (nSPS) is 18.0. The molecule has 3 rings (SSSR count). The number of piperidine rings is 1. The summed E-state index contributed by atoms with van der Waals surface area (Å²) >= 11 is 0. The minimum absolute atomic E-state index is 0.206. The molecule has 1 aromatic heterocycles. The summed E-state index contributed by atoms with van der Waals surface area (Å²) in [6, 6.07) is 8.42. The van der Waals surface area contributed by atoms with E-state index >= 15 is 0 Å². The van der Waals surface area contributed by atoms with E-state index in [1.165, 1.54) is 16.5 Å². The predicted molar refractivity (Wildman–Crippen MR) is 111 cm³/mol. The number of nitrogens with two attached hydrogens (primary N) is 1. The Kier molecular flexibility index (Phi) is 6.74. The molecule has 0 aliphatic carbocycles. The number of guanidine groups is 1. The molecule has 6 heteroatoms. The van der Waals surface area contributed by atoms with Gasteiger partial charge in [-0.1, -0.05) is 18.2 Å². The van der Waals surface area contributed by atoms with Gasteiger partial charge in [0.2, 0.25) is 5.91 Å². The number of carbonyl (C=O) groups is 1. The zero-order valence-electron chi connectivity index (χ0n) is 16.2. The molecule has 4 N–H and O–H groups in total. The third kappa shape index (κ3) is 5.25. The number of aromatic nitrogens is 1. The van der Waals surface area contributed by atoms with Gasteiger partial charge in [0.15, 0.2) is 5.96 Å². The van der Waals surface area contributed by atoms with Crippen molar-refractivity contribution in [3.63, 3.8) is 0 Å². The molecule has 1 fully saturated rings. The Bertz CT molecular complexity index is 782. The molecule has 1 amide bonds. The van der Waals surface area contributed by atoms with Crippen molar-refractivity contribution >= 4 is 22.8 Å². The molecule has 1 unspecified atom stereocenters. The summed E-state index contributed by atoms with van der Waals surface area (Å²) in [4.78, 5) is 21.7. The van der Waals surface area contributed by atoms with Gasteiger partial charge in [-0.2, -0.15) is 0 Å². The van der Waals surface area contributed by atoms with Crippen molar-refractivity contribution < 1.29 is 4.79 Å². The summed E-state index contributed by atoms with van der Waals surface area (Å²) in [7, 11) is 0. The lowest BCUT2D eigenvalue weighted by molar-refractivity contribution is -0.119. The number of aryl methyl sites for hydroxylation is 1. The SMILES string of the molecule is CCNC(=NCCCc1c[nH]c2ccccc12)N1CCCC(CC(N)=O)C1. The average Bonchev–Trinajstić information content (AvgIpc) is 3.07. The smallest absolute Gasteiger partial charge is 0.217 e. The maximum absolute atomic E-state index is 11.2. The van der Waals surface area contributed by atoms with Crippen LogP contribution in [0, 0.1) is 5.92 Å². The number of amides is 1. The van der Waals surface area contributed by atoms with Crippen LogP contribution in [0.2, 0.25) is 0 Å². The second-order valence-electron chi connectivity index (χ2n) is 7.32. The van der Waals surface area contributed by atoms with Crippen LogP contribution in [0.1, 0.15) is 38.2 Å². The first kappa shape index (κ1) is 19.3. The topological polar surface area (TPSA) is 86.5 Å². The maximum Gasteiger partial charge on any atom is 0.217 e. The number of H-pyrrole nitrogens is 1. The minimum atomic E-state index is -0.206. The second-order valence-corrected chi connectivity index (χ2v) is 7.32. The first-order valence-electron chi connectivity index (χ1n) is 10.0. The molecule has 0 radical (unpaired) electrons. The molecule has 0 spiro atoms. The fourth-order valence-electron chi connectivity index (χ4n) is 3.93. The van der Waals surface area contributed by atoms with E-state index in [9.17, 15) is 4.79 Å². The van der Waals surface area contributed by atoms with Crippen LogP contribution in [-0.2, 0) is 11.2 Å². The maximum atomic E-state index is 11.2. The standard InChI is InChI=1S/C21H31N5O/c1-2-23-21(26-12-6-7-16(15-26)13-20(22)27)24-11-5-8-17-14-25-19-10-4-3-9-18(17)19/h3-4,9-10,14,16,25H,2,5-8,11-13,15H2,1H3,(H2,22,27)(H,23,24). The van der Waals surface area contributed by atoms with Gasteiger partial charge in [0.1, 0.15) is 0 Å². The van der Waals surface area contributed by atoms with Gasteiger partial charge < -0.3 is 20.9 Å². The van der Waals surface area contributed by atoms with Gasteiger partial charge in [0.25, 0.3) is 0 Å². The van der Waals surface area contributed by atoms with Crippen molar-refractivity contribution in [1.29, 1.82) is 0 Å². The summed E-state index contributed by atoms with van der Waals surface area (Å²) in [5.74, 6) is 1.10. The van der Waals surface area contributed by atoms with Gasteiger partial charge >= 0.3 is 0 Å². The van der Waals surface area contributed by atoms with Crippen molar-refractivity contribution in [1.82, 2.24) is 15.2 Å². The molecule has 146 valence electrons. The van der Waals surface area contributed by atoms with Crippen molar-refractivity contribution in [2.24, 2.45) is 16.6 Å². The highest BCUT2D eigenvalue weighted by Crippen LogP contribution is 2.20. The number of primary amides is 1. The van der Waals surface area contributed by atoms with Gasteiger partial charge in [-0.15, -0.1) is 0 Å². The highest BCUT2D eigenvalue weighted by Gasteiger charge is 2.23. The van der Waals surface area contributed by atoms with E-state index in [1.807, 2.05) is 0 Å². The molecular formula is C21H31N5O. The zero-order chi connectivity index (χ0) is 19.1. The molecule has 1 saturated heterocycles. The lowest BCUT2D eigenvalue weighted by Crippen LogP contribution is -2.47. The molecule has 1 aromatic carbocycles. The molecule has 6 nitrogen and oxygen atoms in total. The van der Waals surface area contributed by atoms with E-state index in [-0.39, 0.29) is 5.91 Å². The van der Waals surface area contributed by atoms with Crippen molar-refractivity contribution in [3.8, 4) is 0 Å². The van der Waals surface area contributed by atoms with Crippen molar-refractivity contribution in [2.45, 2.75) is 39.0 Å². The van der Waals surface area contributed by atoms with Crippen molar-refractivity contribution in [2.75, 3.05) is 26.2 Å². The Labute approximate surface area is 161 Å². The molecule has 0 bridgehead atoms. The van der Waals surface area contributed by atoms with Crippen LogP contribution < -0.4 is 11.1 Å². The largest absolute Gasteiger partial charge is 0.370 e. The second kappa shape index (κ2) is 9.44. The summed E-state index contributed by atoms with van der Waals surface area (Å²) in [6.07, 6.45) is 6.75. The molecule has 27 heavy (non-hydrogen) atoms. The fourth-order valence-corrected chi connectivity index (χ4v) is 3.93. The van der Waals surface area contributed by atoms with Crippen LogP contribution in [0.25, 0.3) is 10.9 Å². The summed E-state index contributed by atoms with van der Waals surface area (Å²) in [5, 5.41) is 4.71. The Morgan fingerprint density at radius 3 is 3.07 bits per heavy atom. The Morgan fingerprint density at radius 1 is 1.41 bits per heavy atom. The first-order valence-corrected chi connectivity index (χ1v) is 10.0. The zero-order valence-corrected chi connectivity index (χ0v) is 16.2. The third-order valence-electron chi connectivity index (χ3n) is 5.18. The first-order chi connectivity index (χ1) is 13.2. The van der Waals surface area contributed by atoms with Gasteiger partial charge in [-0.25, -0.2) is 0 Å². The van der Waals surface area contributed by atoms with E-state index in [4.69, 9.17) is 10.7 Å². The number of fused-ring (bicyclic) bond motifs is 1. The lowest BCUT2D eigenvalue weighted by atomic mass is 9.95. The fraction of sp³-hybridized carbons (Fsp3) is 0.524. The number of hydrogen-bond donors (Lipinski definition) is 3. The van der Waals surface area contributed by atoms with Crippen LogP contribution >= 0.6 is 0 Å². The van der Waals surface area contributed by atoms with Gasteiger partial charge in [0.05, 0.1) is 0 Å². The third-order valence-corrected chi connectivity index (χ3v) is 5.18. The highest BCUT2D eigenvalue weighted by atomic mass is 16.1. The number of hydrogen-bond acceptors (Lipinski definition) is 2. The highest BCUT2D eigenvalue weighted by molar-refractivity contribution is 5.83. The Balaban J connectivity index is 1.56. The molecule has 2 aromatic rings. The quantitative estimate of drug-likeness (QED) is 0.398. The molecule has 2 heterocycles. The van der Waals surface area contributed by atoms with Gasteiger partial charge in [0, 0.05) is 49.7 Å². The van der Waals surface area contributed by atoms with E-state index in [1.54, 1.807) is 0 Å². The average molecular weight is 370 g/mol. The van der Waals surface area contributed by atoms with E-state index in [2.05, 4.69) is 52.6 Å². The number of nitrogens with one attached hydrogen (secondary N) is 2. The van der Waals surface area contributed by atoms with Crippen LogP contribution in [0.15, 0.2) is 35.5 Å². The van der Waals surface area contributed by atoms with Gasteiger partial charge in [-0.05, 0) is 50.2 Å². The summed E-state index contributed by atoms with van der Waals surface area (Å²) in [6.45, 7) is 5.57. The number of benzene rings is 1. The van der Waals surface area contributed by atoms with Crippen molar-refractivity contribution in [3.05, 3.63) is 36.0 Å². The molecule has 1 atom stereocenters. The van der Waals surface area contributed by atoms with E-state index in [0.29, 0.717) is 12.3 Å². The van der Waals surface area contributed by atoms with E-state index in [0.717, 1.165) is 57.8 Å². The number of likely N-dealkylation sites (tertiary alicyclic amines) is 1. The number of aliphatic imine (C=N–C) groups is 1. The molecule has 1 aliphatic heterocycles. The Hall–Kier alpha value is -2.50. The number of nitrogens with zero attached hydrogens (tertiary/aromatic N) is 2. The summed E-state index contributed by atoms with van der Waals surface area (Å²) < 4.78 is 0. The van der Waals surface area contributed by atoms with Crippen LogP contribution in [0.4, 0.5) is 0 Å². The molecule has 1 aliphatic rings. The number of para-hydroxylation sites is 1. The lowest BCUT2D eigenvalue weighted by Gasteiger charge is -2.34. The van der Waals surface area contributed by atoms with Crippen LogP contribution in [0.3, 0.4) is 0 Å². The van der Waals surface area contributed by atoms with Crippen LogP contribution in [-0.4, -0.2) is 47.9 Å². The predicted octanol–water partition coefficient (Wildman–Crippen LogP) is 2.65. The number of rotatable bonds is 7. The molecule has 0 saturated carbocycles.